The van der Waals surface area contributed by atoms with E-state index in [0.717, 1.165) is 21.2 Å². The van der Waals surface area contributed by atoms with E-state index in [1.54, 1.807) is 75.0 Å². The summed E-state index contributed by atoms with van der Waals surface area (Å²) in [7, 11) is 6.33. The van der Waals surface area contributed by atoms with Crippen molar-refractivity contribution in [2.45, 2.75) is 31.5 Å². The fraction of sp³-hybridized carbons (Fsp3) is 0.281. The number of nitrogens with one attached hydrogen (secondary N) is 1. The summed E-state index contributed by atoms with van der Waals surface area (Å²) in [6.07, 6.45) is 0.283. The molecule has 0 radical (unpaired) electrons. The standard InChI is InChI=1S/C32H36N4O4S/c1-20(33)22-9-8-10-23(17-22)31(38)35(3)27(18-24-19-41-28-12-7-6-11-26(24)28)32(39)36(4)29(30(37)34-2)21-13-15-25(40-5)16-14-21/h6-17,19-20,27,29H,18,33H2,1-5H3,(H,34,37)/t20?,27-,29-/m1/s1. The van der Waals surface area contributed by atoms with Gasteiger partial charge in [-0.1, -0.05) is 42.5 Å². The molecule has 8 nitrogen and oxygen atoms in total. The molecule has 41 heavy (non-hydrogen) atoms. The number of carbonyl (C=O) groups is 3. The zero-order valence-corrected chi connectivity index (χ0v) is 24.8. The van der Waals surface area contributed by atoms with E-state index >= 15 is 0 Å². The smallest absolute Gasteiger partial charge is 0.254 e. The van der Waals surface area contributed by atoms with Crippen LogP contribution in [0.1, 0.15) is 46.1 Å². The van der Waals surface area contributed by atoms with E-state index in [4.69, 9.17) is 10.5 Å². The maximum Gasteiger partial charge on any atom is 0.254 e. The molecule has 3 amide bonds. The number of thiophene rings is 1. The molecule has 1 unspecified atom stereocenters. The molecule has 214 valence electrons. The van der Waals surface area contributed by atoms with Crippen LogP contribution in [0, 0.1) is 0 Å². The van der Waals surface area contributed by atoms with Crippen LogP contribution in [-0.4, -0.2) is 61.8 Å². The van der Waals surface area contributed by atoms with Gasteiger partial charge in [0.25, 0.3) is 5.91 Å². The van der Waals surface area contributed by atoms with Gasteiger partial charge in [0.05, 0.1) is 7.11 Å². The monoisotopic (exact) mass is 572 g/mol. The topological polar surface area (TPSA) is 105 Å². The van der Waals surface area contributed by atoms with Crippen LogP contribution in [0.4, 0.5) is 0 Å². The van der Waals surface area contributed by atoms with Crippen molar-refractivity contribution in [1.29, 1.82) is 0 Å². The number of carbonyl (C=O) groups excluding carboxylic acids is 3. The fourth-order valence-electron chi connectivity index (χ4n) is 4.93. The van der Waals surface area contributed by atoms with Gasteiger partial charge in [0.2, 0.25) is 11.8 Å². The van der Waals surface area contributed by atoms with Gasteiger partial charge in [-0.25, -0.2) is 0 Å². The highest BCUT2D eigenvalue weighted by atomic mass is 32.1. The molecule has 0 spiro atoms. The lowest BCUT2D eigenvalue weighted by Crippen LogP contribution is -2.52. The predicted octanol–water partition coefficient (Wildman–Crippen LogP) is 4.56. The molecule has 3 N–H and O–H groups in total. The molecule has 3 aromatic carbocycles. The summed E-state index contributed by atoms with van der Waals surface area (Å²) in [5, 5.41) is 5.74. The van der Waals surface area contributed by atoms with Gasteiger partial charge >= 0.3 is 0 Å². The first-order valence-corrected chi connectivity index (χ1v) is 14.2. The second kappa shape index (κ2) is 13.0. The zero-order valence-electron chi connectivity index (χ0n) is 24.0. The van der Waals surface area contributed by atoms with Crippen molar-refractivity contribution in [2.75, 3.05) is 28.3 Å². The van der Waals surface area contributed by atoms with Crippen LogP contribution in [0.5, 0.6) is 5.75 Å². The van der Waals surface area contributed by atoms with E-state index in [9.17, 15) is 14.4 Å². The Kier molecular flexibility index (Phi) is 9.42. The minimum absolute atomic E-state index is 0.244. The van der Waals surface area contributed by atoms with Gasteiger partial charge in [0.1, 0.15) is 17.8 Å². The van der Waals surface area contributed by atoms with E-state index in [1.165, 1.54) is 16.8 Å². The number of hydrogen-bond acceptors (Lipinski definition) is 6. The maximum atomic E-state index is 14.3. The van der Waals surface area contributed by atoms with Crippen molar-refractivity contribution in [3.8, 4) is 5.75 Å². The van der Waals surface area contributed by atoms with Gasteiger partial charge in [-0.05, 0) is 64.7 Å². The Morgan fingerprint density at radius 2 is 1.66 bits per heavy atom. The first-order valence-electron chi connectivity index (χ1n) is 13.4. The molecular weight excluding hydrogens is 536 g/mol. The average Bonchev–Trinajstić information content (AvgIpc) is 3.41. The normalized spacial score (nSPS) is 13.2. The number of fused-ring (bicyclic) bond motifs is 1. The summed E-state index contributed by atoms with van der Waals surface area (Å²) < 4.78 is 6.37. The zero-order chi connectivity index (χ0) is 29.7. The van der Waals surface area contributed by atoms with Crippen molar-refractivity contribution in [2.24, 2.45) is 5.73 Å². The maximum absolute atomic E-state index is 14.3. The molecule has 0 fully saturated rings. The highest BCUT2D eigenvalue weighted by Crippen LogP contribution is 2.30. The number of nitrogens with two attached hydrogens (primary N) is 1. The van der Waals surface area contributed by atoms with Gasteiger partial charge in [-0.3, -0.25) is 14.4 Å². The Morgan fingerprint density at radius 3 is 2.32 bits per heavy atom. The second-order valence-electron chi connectivity index (χ2n) is 10.0. The molecule has 4 rings (SSSR count). The van der Waals surface area contributed by atoms with Gasteiger partial charge in [0, 0.05) is 43.9 Å². The van der Waals surface area contributed by atoms with Crippen molar-refractivity contribution in [3.05, 3.63) is 100 Å². The van der Waals surface area contributed by atoms with Gasteiger partial charge in [0.15, 0.2) is 0 Å². The van der Waals surface area contributed by atoms with E-state index in [1.807, 2.05) is 42.6 Å². The first-order chi connectivity index (χ1) is 19.7. The summed E-state index contributed by atoms with van der Waals surface area (Å²) in [5.41, 5.74) is 8.92. The number of rotatable bonds is 10. The lowest BCUT2D eigenvalue weighted by molar-refractivity contribution is -0.142. The van der Waals surface area contributed by atoms with Crippen LogP contribution >= 0.6 is 11.3 Å². The molecular formula is C32H36N4O4S. The third kappa shape index (κ3) is 6.42. The van der Waals surface area contributed by atoms with Crippen molar-refractivity contribution in [1.82, 2.24) is 15.1 Å². The Bertz CT molecular complexity index is 1530. The van der Waals surface area contributed by atoms with Gasteiger partial charge in [-0.15, -0.1) is 11.3 Å². The van der Waals surface area contributed by atoms with E-state index in [0.29, 0.717) is 16.9 Å². The van der Waals surface area contributed by atoms with Crippen LogP contribution in [0.25, 0.3) is 10.1 Å². The quantitative estimate of drug-likeness (QED) is 0.290. The third-order valence-corrected chi connectivity index (χ3v) is 8.38. The average molecular weight is 573 g/mol. The summed E-state index contributed by atoms with van der Waals surface area (Å²) >= 11 is 1.59. The van der Waals surface area contributed by atoms with Gasteiger partial charge in [-0.2, -0.15) is 0 Å². The number of ether oxygens (including phenoxy) is 1. The predicted molar refractivity (Wildman–Crippen MR) is 163 cm³/mol. The molecule has 1 heterocycles. The fourth-order valence-corrected chi connectivity index (χ4v) is 5.90. The lowest BCUT2D eigenvalue weighted by atomic mass is 9.99. The second-order valence-corrected chi connectivity index (χ2v) is 11.0. The van der Waals surface area contributed by atoms with E-state index in [2.05, 4.69) is 5.32 Å². The minimum atomic E-state index is -0.912. The number of hydrogen-bond donors (Lipinski definition) is 2. The van der Waals surface area contributed by atoms with Crippen LogP contribution in [0.2, 0.25) is 0 Å². The largest absolute Gasteiger partial charge is 0.497 e. The lowest BCUT2D eigenvalue weighted by Gasteiger charge is -2.34. The Hall–Kier alpha value is -4.21. The Labute approximate surface area is 244 Å². The first kappa shape index (κ1) is 29.8. The number of amides is 3. The summed E-state index contributed by atoms with van der Waals surface area (Å²) in [6.45, 7) is 1.86. The van der Waals surface area contributed by atoms with Crippen LogP contribution in [0.15, 0.2) is 78.2 Å². The Morgan fingerprint density at radius 1 is 0.951 bits per heavy atom. The number of methoxy groups -OCH3 is 1. The van der Waals surface area contributed by atoms with Crippen LogP contribution < -0.4 is 15.8 Å². The number of benzene rings is 3. The molecule has 9 heteroatoms. The Balaban J connectivity index is 1.74. The number of likely N-dealkylation sites (N-methyl/N-ethyl adjacent to an activating group) is 3. The SMILES string of the molecule is CNC(=O)[C@@H](c1ccc(OC)cc1)N(C)C(=O)[C@@H](Cc1csc2ccccc12)N(C)C(=O)c1cccc(C(C)N)c1. The van der Waals surface area contributed by atoms with Crippen LogP contribution in [-0.2, 0) is 16.0 Å². The van der Waals surface area contributed by atoms with Crippen molar-refractivity contribution < 1.29 is 19.1 Å². The van der Waals surface area contributed by atoms with Crippen LogP contribution in [0.3, 0.4) is 0 Å². The van der Waals surface area contributed by atoms with E-state index < -0.39 is 12.1 Å². The highest BCUT2D eigenvalue weighted by Gasteiger charge is 2.36. The molecule has 0 saturated heterocycles. The van der Waals surface area contributed by atoms with Gasteiger partial charge < -0.3 is 25.6 Å². The molecule has 3 atom stereocenters. The molecule has 4 aromatic rings. The minimum Gasteiger partial charge on any atom is -0.497 e. The third-order valence-electron chi connectivity index (χ3n) is 7.37. The summed E-state index contributed by atoms with van der Waals surface area (Å²) in [5.74, 6) is -0.368. The molecule has 1 aromatic heterocycles. The summed E-state index contributed by atoms with van der Waals surface area (Å²) in [6, 6.07) is 20.1. The van der Waals surface area contributed by atoms with E-state index in [-0.39, 0.29) is 30.2 Å². The molecule has 0 saturated carbocycles. The molecule has 0 aliphatic heterocycles. The molecule has 0 aliphatic rings. The highest BCUT2D eigenvalue weighted by molar-refractivity contribution is 7.17. The van der Waals surface area contributed by atoms with Crippen molar-refractivity contribution >= 4 is 39.1 Å². The molecule has 0 bridgehead atoms. The van der Waals surface area contributed by atoms with Crippen molar-refractivity contribution in [3.63, 3.8) is 0 Å². The number of nitrogens with zero attached hydrogens (tertiary/aromatic N) is 2. The molecule has 0 aliphatic carbocycles. The summed E-state index contributed by atoms with van der Waals surface area (Å²) in [4.78, 5) is 44.1.